The standard InChI is InChI=1S/C53H65N7O3/c1-51(2)38-19-8-10-22-43(38)59(6)45(51)28-24-35-16-14-17-36(25-29-46-52(3,4)39-20-9-11-23-44(39)60(46)7)50(35)56-33-13-12-32-55-47(61)30-31-48(62)63-34-53(5)57-41-21-15-18-37-40(54)26-27-42(58-53)49(37)41/h8-11,15,18-29,45,56-58H,12-14,16-17,30-34,54H2,1-7H3,(H,55,61)/b28-24+,36-25+,46-29+. The van der Waals surface area contributed by atoms with Crippen LogP contribution < -0.4 is 36.8 Å². The van der Waals surface area contributed by atoms with Gasteiger partial charge in [0.15, 0.2) is 0 Å². The zero-order valence-corrected chi connectivity index (χ0v) is 38.2. The van der Waals surface area contributed by atoms with E-state index in [1.165, 1.54) is 45.0 Å². The SMILES string of the molecule is CN1/C(=C/C=C2\CCCC(/C=C/C3N(C)c4ccccc4C3(C)C)=C2NCCCCNC(=O)CCC(=O)OCC2(C)Nc3cccc4c(N)ccc(c34)N2)C(C)(C)c2ccccc21. The Morgan fingerprint density at radius 2 is 1.54 bits per heavy atom. The fourth-order valence-corrected chi connectivity index (χ4v) is 10.3. The Morgan fingerprint density at radius 3 is 2.30 bits per heavy atom. The zero-order valence-electron chi connectivity index (χ0n) is 38.2. The van der Waals surface area contributed by atoms with E-state index in [1.807, 2.05) is 37.3 Å². The first kappa shape index (κ1) is 43.5. The van der Waals surface area contributed by atoms with Gasteiger partial charge in [0, 0.05) is 95.0 Å². The minimum absolute atomic E-state index is 0.0148. The molecule has 8 rings (SSSR count). The van der Waals surface area contributed by atoms with Crippen molar-refractivity contribution in [3.63, 3.8) is 0 Å². The monoisotopic (exact) mass is 848 g/mol. The first-order valence-electron chi connectivity index (χ1n) is 22.7. The van der Waals surface area contributed by atoms with Crippen molar-refractivity contribution in [3.8, 4) is 0 Å². The molecule has 0 radical (unpaired) electrons. The second kappa shape index (κ2) is 17.5. The number of carbonyl (C=O) groups excluding carboxylic acids is 2. The lowest BCUT2D eigenvalue weighted by molar-refractivity contribution is -0.146. The number of allylic oxidation sites excluding steroid dienone is 6. The third-order valence-corrected chi connectivity index (χ3v) is 13.7. The predicted molar refractivity (Wildman–Crippen MR) is 260 cm³/mol. The molecule has 1 amide bonds. The molecule has 4 aliphatic rings. The Kier molecular flexibility index (Phi) is 12.1. The minimum Gasteiger partial charge on any atom is -0.461 e. The maximum Gasteiger partial charge on any atom is 0.306 e. The molecular formula is C53H65N7O3. The Bertz CT molecular complexity index is 2520. The third-order valence-electron chi connectivity index (χ3n) is 13.7. The number of unbranched alkanes of at least 4 members (excludes halogenated alkanes) is 1. The molecule has 0 saturated heterocycles. The Balaban J connectivity index is 0.862. The summed E-state index contributed by atoms with van der Waals surface area (Å²) in [6.45, 7) is 12.7. The van der Waals surface area contributed by atoms with Crippen molar-refractivity contribution in [1.29, 1.82) is 0 Å². The predicted octanol–water partition coefficient (Wildman–Crippen LogP) is 9.81. The van der Waals surface area contributed by atoms with Gasteiger partial charge in [0.1, 0.15) is 12.3 Å². The van der Waals surface area contributed by atoms with Crippen LogP contribution in [0.2, 0.25) is 0 Å². The van der Waals surface area contributed by atoms with E-state index in [1.54, 1.807) is 0 Å². The lowest BCUT2D eigenvalue weighted by Gasteiger charge is -2.38. The van der Waals surface area contributed by atoms with Gasteiger partial charge in [-0.25, -0.2) is 0 Å². The van der Waals surface area contributed by atoms with Gasteiger partial charge < -0.3 is 41.5 Å². The quantitative estimate of drug-likeness (QED) is 0.0480. The number of nitrogens with zero attached hydrogens (tertiary/aromatic N) is 2. The van der Waals surface area contributed by atoms with Gasteiger partial charge in [0.25, 0.3) is 0 Å². The number of ether oxygens (including phenoxy) is 1. The van der Waals surface area contributed by atoms with E-state index in [0.717, 1.165) is 60.8 Å². The fraction of sp³-hybridized carbons (Fsp3) is 0.396. The number of fused-ring (bicyclic) bond motifs is 2. The van der Waals surface area contributed by atoms with Crippen LogP contribution in [-0.4, -0.2) is 57.4 Å². The van der Waals surface area contributed by atoms with Crippen LogP contribution in [0.4, 0.5) is 28.4 Å². The lowest BCUT2D eigenvalue weighted by atomic mass is 9.80. The van der Waals surface area contributed by atoms with E-state index < -0.39 is 11.6 Å². The molecule has 0 aromatic heterocycles. The number of esters is 1. The average molecular weight is 848 g/mol. The summed E-state index contributed by atoms with van der Waals surface area (Å²) in [6, 6.07) is 27.5. The number of benzene rings is 4. The summed E-state index contributed by atoms with van der Waals surface area (Å²) in [5.74, 6) is -0.561. The lowest BCUT2D eigenvalue weighted by Crippen LogP contribution is -2.49. The van der Waals surface area contributed by atoms with Crippen LogP contribution in [0.5, 0.6) is 0 Å². The molecule has 2 unspecified atom stereocenters. The summed E-state index contributed by atoms with van der Waals surface area (Å²) in [5.41, 5.74) is 18.4. The Labute approximate surface area is 373 Å². The molecule has 6 N–H and O–H groups in total. The van der Waals surface area contributed by atoms with Crippen LogP contribution >= 0.6 is 0 Å². The molecule has 330 valence electrons. The Morgan fingerprint density at radius 1 is 0.825 bits per heavy atom. The number of para-hydroxylation sites is 2. The highest BCUT2D eigenvalue weighted by molar-refractivity contribution is 6.10. The van der Waals surface area contributed by atoms with Gasteiger partial charge in [-0.05, 0) is 97.7 Å². The smallest absolute Gasteiger partial charge is 0.306 e. The van der Waals surface area contributed by atoms with Crippen molar-refractivity contribution < 1.29 is 14.3 Å². The van der Waals surface area contributed by atoms with Crippen molar-refractivity contribution in [2.24, 2.45) is 0 Å². The van der Waals surface area contributed by atoms with Crippen molar-refractivity contribution in [2.45, 2.75) is 102 Å². The number of nitrogens with one attached hydrogen (secondary N) is 4. The fourth-order valence-electron chi connectivity index (χ4n) is 10.3. The van der Waals surface area contributed by atoms with Crippen molar-refractivity contribution in [3.05, 3.63) is 137 Å². The largest absolute Gasteiger partial charge is 0.461 e. The number of anilines is 5. The molecule has 3 heterocycles. The number of nitrogens with two attached hydrogens (primary N) is 1. The van der Waals surface area contributed by atoms with E-state index >= 15 is 0 Å². The average Bonchev–Trinajstić information content (AvgIpc) is 3.59. The molecule has 4 aromatic carbocycles. The first-order chi connectivity index (χ1) is 30.2. The maximum absolute atomic E-state index is 12.8. The molecular weight excluding hydrogens is 783 g/mol. The van der Waals surface area contributed by atoms with Gasteiger partial charge in [-0.15, -0.1) is 0 Å². The Hall–Kier alpha value is -6.16. The number of carbonyl (C=O) groups is 2. The second-order valence-electron chi connectivity index (χ2n) is 19.0. The normalized spacial score (nSPS) is 22.0. The molecule has 0 spiro atoms. The van der Waals surface area contributed by atoms with E-state index in [4.69, 9.17) is 10.5 Å². The van der Waals surface area contributed by atoms with Crippen LogP contribution in [-0.2, 0) is 25.2 Å². The molecule has 0 saturated carbocycles. The molecule has 0 fully saturated rings. The van der Waals surface area contributed by atoms with Gasteiger partial charge in [0.2, 0.25) is 5.91 Å². The first-order valence-corrected chi connectivity index (χ1v) is 22.7. The molecule has 4 aromatic rings. The molecule has 0 bridgehead atoms. The molecule has 2 atom stereocenters. The van der Waals surface area contributed by atoms with Crippen LogP contribution in [0.1, 0.15) is 90.7 Å². The molecule has 10 heteroatoms. The van der Waals surface area contributed by atoms with Gasteiger partial charge in [-0.1, -0.05) is 94.5 Å². The van der Waals surface area contributed by atoms with Gasteiger partial charge >= 0.3 is 5.97 Å². The van der Waals surface area contributed by atoms with E-state index in [-0.39, 0.29) is 42.2 Å². The number of hydrogen-bond donors (Lipinski definition) is 5. The number of amides is 1. The highest BCUT2D eigenvalue weighted by Crippen LogP contribution is 2.48. The summed E-state index contributed by atoms with van der Waals surface area (Å²) >= 11 is 0. The van der Waals surface area contributed by atoms with E-state index in [9.17, 15) is 9.59 Å². The number of likely N-dealkylation sites (N-methyl/N-ethyl adjacent to an activating group) is 2. The van der Waals surface area contributed by atoms with E-state index in [0.29, 0.717) is 12.2 Å². The molecule has 63 heavy (non-hydrogen) atoms. The highest BCUT2D eigenvalue weighted by atomic mass is 16.5. The summed E-state index contributed by atoms with van der Waals surface area (Å²) in [7, 11) is 4.39. The zero-order chi connectivity index (χ0) is 44.5. The second-order valence-corrected chi connectivity index (χ2v) is 19.0. The summed E-state index contributed by atoms with van der Waals surface area (Å²) in [5, 5.41) is 15.8. The van der Waals surface area contributed by atoms with Gasteiger partial charge in [-0.2, -0.15) is 0 Å². The number of rotatable bonds is 14. The van der Waals surface area contributed by atoms with Crippen LogP contribution in [0, 0.1) is 0 Å². The van der Waals surface area contributed by atoms with Crippen LogP contribution in [0.15, 0.2) is 126 Å². The number of nitrogen functional groups attached to an aromatic ring is 1. The van der Waals surface area contributed by atoms with Crippen molar-refractivity contribution in [1.82, 2.24) is 10.6 Å². The van der Waals surface area contributed by atoms with Crippen LogP contribution in [0.25, 0.3) is 10.8 Å². The van der Waals surface area contributed by atoms with Gasteiger partial charge in [0.05, 0.1) is 12.5 Å². The summed E-state index contributed by atoms with van der Waals surface area (Å²) in [6.07, 6.45) is 14.4. The van der Waals surface area contributed by atoms with Crippen molar-refractivity contribution in [2.75, 3.05) is 60.0 Å². The third kappa shape index (κ3) is 8.64. The molecule has 10 nitrogen and oxygen atoms in total. The summed E-state index contributed by atoms with van der Waals surface area (Å²) in [4.78, 5) is 30.3. The van der Waals surface area contributed by atoms with Crippen LogP contribution in [0.3, 0.4) is 0 Å². The summed E-state index contributed by atoms with van der Waals surface area (Å²) < 4.78 is 5.66. The van der Waals surface area contributed by atoms with Crippen molar-refractivity contribution >= 4 is 51.1 Å². The minimum atomic E-state index is -0.714. The molecule has 3 aliphatic heterocycles. The van der Waals surface area contributed by atoms with E-state index in [2.05, 4.69) is 146 Å². The topological polar surface area (TPSA) is 124 Å². The maximum atomic E-state index is 12.8. The van der Waals surface area contributed by atoms with Gasteiger partial charge in [-0.3, -0.25) is 9.59 Å². The molecule has 1 aliphatic carbocycles. The highest BCUT2D eigenvalue weighted by Gasteiger charge is 2.41. The number of hydrogen-bond acceptors (Lipinski definition) is 9.